The van der Waals surface area contributed by atoms with Gasteiger partial charge in [0.2, 0.25) is 0 Å². The Bertz CT molecular complexity index is 296. The Hall–Kier alpha value is -1.39. The summed E-state index contributed by atoms with van der Waals surface area (Å²) in [5, 5.41) is 6.47. The van der Waals surface area contributed by atoms with Crippen molar-refractivity contribution in [2.24, 2.45) is 5.92 Å². The summed E-state index contributed by atoms with van der Waals surface area (Å²) in [5.74, 6) is 0.432. The quantitative estimate of drug-likeness (QED) is 0.749. The first-order chi connectivity index (χ1) is 7.15. The Morgan fingerprint density at radius 2 is 2.33 bits per heavy atom. The predicted octanol–water partition coefficient (Wildman–Crippen LogP) is 1.50. The van der Waals surface area contributed by atoms with Crippen LogP contribution in [0.3, 0.4) is 0 Å². The van der Waals surface area contributed by atoms with E-state index >= 15 is 0 Å². The molecule has 0 saturated heterocycles. The highest BCUT2D eigenvalue weighted by Gasteiger charge is 2.25. The number of carbonyl (C=O) groups excluding carboxylic acids is 1. The highest BCUT2D eigenvalue weighted by molar-refractivity contribution is 5.76. The smallest absolute Gasteiger partial charge is 0.316 e. The summed E-state index contributed by atoms with van der Waals surface area (Å²) in [4.78, 5) is 15.7. The first-order valence-corrected chi connectivity index (χ1v) is 5.17. The van der Waals surface area contributed by atoms with Gasteiger partial charge >= 0.3 is 5.97 Å². The van der Waals surface area contributed by atoms with Crippen molar-refractivity contribution in [2.45, 2.75) is 33.1 Å². The van der Waals surface area contributed by atoms with Crippen LogP contribution in [0.15, 0.2) is 6.33 Å². The fourth-order valence-electron chi connectivity index (χ4n) is 1.42. The fraction of sp³-hybridized carbons (Fsp3) is 0.700. The predicted molar refractivity (Wildman–Crippen MR) is 55.2 cm³/mol. The maximum Gasteiger partial charge on any atom is 0.316 e. The van der Waals surface area contributed by atoms with Crippen molar-refractivity contribution < 1.29 is 9.53 Å². The molecule has 84 valence electrons. The number of nitrogens with one attached hydrogen (secondary N) is 1. The van der Waals surface area contributed by atoms with Crippen LogP contribution in [0.25, 0.3) is 0 Å². The second-order valence-electron chi connectivity index (χ2n) is 3.80. The van der Waals surface area contributed by atoms with Gasteiger partial charge in [-0.3, -0.25) is 9.89 Å². The molecule has 0 aliphatic carbocycles. The summed E-state index contributed by atoms with van der Waals surface area (Å²) in [5.41, 5.74) is 0. The monoisotopic (exact) mass is 211 g/mol. The molecule has 0 aliphatic rings. The van der Waals surface area contributed by atoms with Crippen molar-refractivity contribution in [3.05, 3.63) is 12.2 Å². The standard InChI is InChI=1S/C10H17N3O2/c1-4-15-10(14)8(5-7(2)3)9-11-6-12-13-9/h6-8H,4-5H2,1-3H3,(H,11,12,13). The van der Waals surface area contributed by atoms with Gasteiger partial charge in [0, 0.05) is 0 Å². The van der Waals surface area contributed by atoms with E-state index in [0.29, 0.717) is 24.8 Å². The van der Waals surface area contributed by atoms with Crippen molar-refractivity contribution >= 4 is 5.97 Å². The Kier molecular flexibility index (Phi) is 4.27. The number of rotatable bonds is 5. The maximum absolute atomic E-state index is 11.7. The van der Waals surface area contributed by atoms with Crippen molar-refractivity contribution in [1.29, 1.82) is 0 Å². The summed E-state index contributed by atoms with van der Waals surface area (Å²) in [7, 11) is 0. The van der Waals surface area contributed by atoms with E-state index in [-0.39, 0.29) is 11.9 Å². The largest absolute Gasteiger partial charge is 0.465 e. The molecule has 0 saturated carbocycles. The number of hydrogen-bond acceptors (Lipinski definition) is 4. The van der Waals surface area contributed by atoms with E-state index in [9.17, 15) is 4.79 Å². The van der Waals surface area contributed by atoms with Crippen LogP contribution < -0.4 is 0 Å². The van der Waals surface area contributed by atoms with Crippen molar-refractivity contribution in [1.82, 2.24) is 15.2 Å². The Morgan fingerprint density at radius 3 is 2.80 bits per heavy atom. The Morgan fingerprint density at radius 1 is 1.60 bits per heavy atom. The molecule has 0 radical (unpaired) electrons. The van der Waals surface area contributed by atoms with Crippen LogP contribution in [0.1, 0.15) is 38.9 Å². The topological polar surface area (TPSA) is 67.9 Å². The van der Waals surface area contributed by atoms with Crippen molar-refractivity contribution in [3.63, 3.8) is 0 Å². The fourth-order valence-corrected chi connectivity index (χ4v) is 1.42. The lowest BCUT2D eigenvalue weighted by molar-refractivity contribution is -0.145. The van der Waals surface area contributed by atoms with Crippen LogP contribution in [-0.4, -0.2) is 27.8 Å². The normalized spacial score (nSPS) is 12.8. The molecule has 15 heavy (non-hydrogen) atoms. The van der Waals surface area contributed by atoms with Gasteiger partial charge in [0.15, 0.2) is 0 Å². The maximum atomic E-state index is 11.7. The molecule has 1 heterocycles. The highest BCUT2D eigenvalue weighted by Crippen LogP contribution is 2.21. The number of nitrogens with zero attached hydrogens (tertiary/aromatic N) is 2. The molecule has 1 aromatic rings. The zero-order valence-corrected chi connectivity index (χ0v) is 9.36. The van der Waals surface area contributed by atoms with Crippen LogP contribution in [0.4, 0.5) is 0 Å². The van der Waals surface area contributed by atoms with Crippen LogP contribution in [-0.2, 0) is 9.53 Å². The number of carbonyl (C=O) groups is 1. The van der Waals surface area contributed by atoms with Gasteiger partial charge in [0.25, 0.3) is 0 Å². The molecule has 5 nitrogen and oxygen atoms in total. The molecule has 1 unspecified atom stereocenters. The lowest BCUT2D eigenvalue weighted by Gasteiger charge is -2.14. The summed E-state index contributed by atoms with van der Waals surface area (Å²) >= 11 is 0. The summed E-state index contributed by atoms with van der Waals surface area (Å²) in [6, 6.07) is 0. The lowest BCUT2D eigenvalue weighted by Crippen LogP contribution is -2.19. The minimum absolute atomic E-state index is 0.233. The number of aromatic amines is 1. The average Bonchev–Trinajstić information content (AvgIpc) is 2.66. The molecule has 1 rings (SSSR count). The lowest BCUT2D eigenvalue weighted by atomic mass is 9.96. The second-order valence-corrected chi connectivity index (χ2v) is 3.80. The molecule has 0 aliphatic heterocycles. The van der Waals surface area contributed by atoms with Gasteiger partial charge in [0.05, 0.1) is 6.61 Å². The third kappa shape index (κ3) is 3.34. The number of ether oxygens (including phenoxy) is 1. The van der Waals surface area contributed by atoms with Crippen LogP contribution >= 0.6 is 0 Å². The van der Waals surface area contributed by atoms with Gasteiger partial charge in [0.1, 0.15) is 18.1 Å². The Balaban J connectivity index is 2.74. The number of esters is 1. The van der Waals surface area contributed by atoms with Crippen molar-refractivity contribution in [2.75, 3.05) is 6.61 Å². The molecule has 0 spiro atoms. The highest BCUT2D eigenvalue weighted by atomic mass is 16.5. The molecular formula is C10H17N3O2. The van der Waals surface area contributed by atoms with Gasteiger partial charge in [-0.25, -0.2) is 4.98 Å². The van der Waals surface area contributed by atoms with Gasteiger partial charge in [-0.2, -0.15) is 5.10 Å². The third-order valence-corrected chi connectivity index (χ3v) is 2.04. The van der Waals surface area contributed by atoms with E-state index in [1.807, 2.05) is 0 Å². The molecule has 0 aromatic carbocycles. The summed E-state index contributed by atoms with van der Waals surface area (Å²) in [6.07, 6.45) is 2.12. The van der Waals surface area contributed by atoms with Crippen LogP contribution in [0.5, 0.6) is 0 Å². The number of hydrogen-bond donors (Lipinski definition) is 1. The SMILES string of the molecule is CCOC(=O)C(CC(C)C)c1ncn[nH]1. The van der Waals surface area contributed by atoms with E-state index < -0.39 is 0 Å². The first kappa shape index (κ1) is 11.7. The van der Waals surface area contributed by atoms with Crippen LogP contribution in [0, 0.1) is 5.92 Å². The van der Waals surface area contributed by atoms with E-state index in [1.54, 1.807) is 6.92 Å². The Labute approximate surface area is 89.2 Å². The summed E-state index contributed by atoms with van der Waals surface area (Å²) in [6.45, 7) is 6.30. The van der Waals surface area contributed by atoms with Crippen LogP contribution in [0.2, 0.25) is 0 Å². The van der Waals surface area contributed by atoms with E-state index in [2.05, 4.69) is 29.0 Å². The zero-order valence-electron chi connectivity index (χ0n) is 9.36. The zero-order chi connectivity index (χ0) is 11.3. The number of aromatic nitrogens is 3. The molecule has 1 aromatic heterocycles. The third-order valence-electron chi connectivity index (χ3n) is 2.04. The van der Waals surface area contributed by atoms with E-state index in [0.717, 1.165) is 0 Å². The molecular weight excluding hydrogens is 194 g/mol. The van der Waals surface area contributed by atoms with E-state index in [4.69, 9.17) is 4.74 Å². The molecule has 0 amide bonds. The molecule has 1 atom stereocenters. The number of H-pyrrole nitrogens is 1. The van der Waals surface area contributed by atoms with Crippen molar-refractivity contribution in [3.8, 4) is 0 Å². The molecule has 5 heteroatoms. The average molecular weight is 211 g/mol. The van der Waals surface area contributed by atoms with Gasteiger partial charge in [-0.15, -0.1) is 0 Å². The summed E-state index contributed by atoms with van der Waals surface area (Å²) < 4.78 is 5.00. The minimum atomic E-state index is -0.326. The van der Waals surface area contributed by atoms with Gasteiger partial charge < -0.3 is 4.74 Å². The van der Waals surface area contributed by atoms with E-state index in [1.165, 1.54) is 6.33 Å². The molecule has 1 N–H and O–H groups in total. The second kappa shape index (κ2) is 5.48. The molecule has 0 fully saturated rings. The van der Waals surface area contributed by atoms with Gasteiger partial charge in [-0.1, -0.05) is 13.8 Å². The molecule has 0 bridgehead atoms. The minimum Gasteiger partial charge on any atom is -0.465 e. The van der Waals surface area contributed by atoms with Gasteiger partial charge in [-0.05, 0) is 19.3 Å². The first-order valence-electron chi connectivity index (χ1n) is 5.17.